The summed E-state index contributed by atoms with van der Waals surface area (Å²) in [7, 11) is -3.38. The van der Waals surface area contributed by atoms with Crippen molar-refractivity contribution in [1.82, 2.24) is 9.65 Å². The van der Waals surface area contributed by atoms with Crippen LogP contribution in [0.2, 0.25) is 0 Å². The number of nitrogens with zero attached hydrogens (tertiary/aromatic N) is 2. The topological polar surface area (TPSA) is 71.5 Å². The van der Waals surface area contributed by atoms with Crippen molar-refractivity contribution in [1.29, 1.82) is 0 Å². The van der Waals surface area contributed by atoms with Crippen molar-refractivity contribution in [3.63, 3.8) is 0 Å². The molecule has 0 spiro atoms. The maximum absolute atomic E-state index is 13.5. The molecule has 134 valence electrons. The lowest BCUT2D eigenvalue weighted by molar-refractivity contribution is -0.136. The predicted octanol–water partition coefficient (Wildman–Crippen LogP) is 4.79. The lowest BCUT2D eigenvalue weighted by Crippen LogP contribution is -2.25. The first kappa shape index (κ1) is 19.4. The zero-order valence-electron chi connectivity index (χ0n) is 14.6. The zero-order chi connectivity index (χ0) is 18.4. The monoisotopic (exact) mass is 379 g/mol. The molecule has 1 unspecified atom stereocenters. The molecule has 8 heteroatoms. The van der Waals surface area contributed by atoms with Crippen LogP contribution in [0.3, 0.4) is 0 Å². The number of esters is 1. The first-order chi connectivity index (χ1) is 11.9. The summed E-state index contributed by atoms with van der Waals surface area (Å²) < 4.78 is 20.3. The molecular formula is C17H22N3O3PS. The van der Waals surface area contributed by atoms with E-state index < -0.39 is 13.4 Å². The standard InChI is InChI=1S/C17H22N3O3PS/c1-5-20(6-2)24(22,14(4)23-13(3)21)19-17-18-16(12-25-17)15-10-8-7-9-11-15/h7-12H,4-6H2,1-3H3,(H,18,19,22). The second-order valence-electron chi connectivity index (χ2n) is 5.22. The van der Waals surface area contributed by atoms with E-state index >= 15 is 0 Å². The highest BCUT2D eigenvalue weighted by Crippen LogP contribution is 2.56. The van der Waals surface area contributed by atoms with Crippen molar-refractivity contribution in [2.75, 3.05) is 18.2 Å². The Morgan fingerprint density at radius 3 is 2.52 bits per heavy atom. The van der Waals surface area contributed by atoms with E-state index in [1.165, 1.54) is 18.3 Å². The van der Waals surface area contributed by atoms with Crippen molar-refractivity contribution in [3.05, 3.63) is 47.8 Å². The molecular weight excluding hydrogens is 357 g/mol. The van der Waals surface area contributed by atoms with Gasteiger partial charge in [-0.3, -0.25) is 14.4 Å². The van der Waals surface area contributed by atoms with Crippen LogP contribution < -0.4 is 5.09 Å². The number of carbonyl (C=O) groups is 1. The van der Waals surface area contributed by atoms with Crippen molar-refractivity contribution in [2.45, 2.75) is 20.8 Å². The fourth-order valence-corrected chi connectivity index (χ4v) is 5.42. The first-order valence-corrected chi connectivity index (χ1v) is 10.5. The van der Waals surface area contributed by atoms with E-state index in [1.54, 1.807) is 4.67 Å². The smallest absolute Gasteiger partial charge is 0.308 e. The number of thiazole rings is 1. The molecule has 0 radical (unpaired) electrons. The van der Waals surface area contributed by atoms with Crippen molar-refractivity contribution >= 4 is 29.9 Å². The molecule has 0 bridgehead atoms. The van der Waals surface area contributed by atoms with E-state index in [-0.39, 0.29) is 5.50 Å². The third-order valence-corrected chi connectivity index (χ3v) is 7.10. The third kappa shape index (κ3) is 4.57. The van der Waals surface area contributed by atoms with Gasteiger partial charge in [0.2, 0.25) is 0 Å². The van der Waals surface area contributed by atoms with Crippen molar-refractivity contribution in [2.24, 2.45) is 0 Å². The van der Waals surface area contributed by atoms with Gasteiger partial charge in [0.1, 0.15) is 0 Å². The van der Waals surface area contributed by atoms with Crippen LogP contribution in [0.5, 0.6) is 0 Å². The Balaban J connectivity index is 2.31. The van der Waals surface area contributed by atoms with E-state index in [4.69, 9.17) is 4.74 Å². The number of anilines is 1. The number of nitrogens with one attached hydrogen (secondary N) is 1. The molecule has 0 aliphatic heterocycles. The van der Waals surface area contributed by atoms with Gasteiger partial charge in [0, 0.05) is 31.0 Å². The minimum atomic E-state index is -3.38. The molecule has 0 aliphatic carbocycles. The number of benzene rings is 1. The summed E-state index contributed by atoms with van der Waals surface area (Å²) in [6, 6.07) is 9.73. The van der Waals surface area contributed by atoms with E-state index in [0.29, 0.717) is 18.2 Å². The molecule has 0 saturated carbocycles. The van der Waals surface area contributed by atoms with E-state index in [9.17, 15) is 9.36 Å². The molecule has 1 atom stereocenters. The second-order valence-corrected chi connectivity index (χ2v) is 8.52. The predicted molar refractivity (Wildman–Crippen MR) is 103 cm³/mol. The molecule has 0 saturated heterocycles. The normalized spacial score (nSPS) is 13.3. The Bertz CT molecular complexity index is 787. The zero-order valence-corrected chi connectivity index (χ0v) is 16.3. The van der Waals surface area contributed by atoms with Gasteiger partial charge in [-0.05, 0) is 6.58 Å². The number of rotatable bonds is 8. The van der Waals surface area contributed by atoms with Crippen LogP contribution in [0, 0.1) is 0 Å². The highest BCUT2D eigenvalue weighted by Gasteiger charge is 2.35. The van der Waals surface area contributed by atoms with Gasteiger partial charge in [0.05, 0.1) is 5.69 Å². The van der Waals surface area contributed by atoms with Crippen LogP contribution in [-0.4, -0.2) is 28.7 Å². The van der Waals surface area contributed by atoms with Crippen molar-refractivity contribution < 1.29 is 14.1 Å². The Labute approximate surface area is 152 Å². The molecule has 1 aromatic carbocycles. The second kappa shape index (κ2) is 8.43. The fourth-order valence-electron chi connectivity index (χ4n) is 2.34. The number of ether oxygens (including phenoxy) is 1. The lowest BCUT2D eigenvalue weighted by Gasteiger charge is -2.30. The quantitative estimate of drug-likeness (QED) is 0.404. The maximum atomic E-state index is 13.5. The summed E-state index contributed by atoms with van der Waals surface area (Å²) in [5.74, 6) is -0.553. The van der Waals surface area contributed by atoms with E-state index in [1.807, 2.05) is 49.6 Å². The third-order valence-electron chi connectivity index (χ3n) is 3.55. The average Bonchev–Trinajstić information content (AvgIpc) is 3.04. The number of hydrogen-bond acceptors (Lipinski definition) is 5. The van der Waals surface area contributed by atoms with Crippen LogP contribution >= 0.6 is 18.8 Å². The molecule has 0 fully saturated rings. The minimum Gasteiger partial charge on any atom is -0.420 e. The number of hydrogen-bond donors (Lipinski definition) is 1. The lowest BCUT2D eigenvalue weighted by atomic mass is 10.2. The van der Waals surface area contributed by atoms with Gasteiger partial charge in [-0.1, -0.05) is 44.2 Å². The van der Waals surface area contributed by atoms with Gasteiger partial charge in [0.15, 0.2) is 10.6 Å². The van der Waals surface area contributed by atoms with Crippen LogP contribution in [0.25, 0.3) is 11.3 Å². The van der Waals surface area contributed by atoms with Crippen LogP contribution in [0.4, 0.5) is 5.13 Å². The van der Waals surface area contributed by atoms with Crippen LogP contribution in [-0.2, 0) is 14.1 Å². The Kier molecular flexibility index (Phi) is 6.53. The highest BCUT2D eigenvalue weighted by molar-refractivity contribution is 7.67. The van der Waals surface area contributed by atoms with E-state index in [0.717, 1.165) is 11.3 Å². The summed E-state index contributed by atoms with van der Waals surface area (Å²) >= 11 is 1.34. The number of carbonyl (C=O) groups excluding carboxylic acids is 1. The molecule has 1 heterocycles. The Hall–Kier alpha value is -1.95. The fraction of sp³-hybridized carbons (Fsp3) is 0.294. The molecule has 1 N–H and O–H groups in total. The molecule has 2 rings (SSSR count). The average molecular weight is 379 g/mol. The van der Waals surface area contributed by atoms with Crippen LogP contribution in [0.1, 0.15) is 20.8 Å². The minimum absolute atomic E-state index is 0.0832. The summed E-state index contributed by atoms with van der Waals surface area (Å²) in [6.07, 6.45) is 0. The highest BCUT2D eigenvalue weighted by atomic mass is 32.1. The molecule has 0 aliphatic rings. The molecule has 0 amide bonds. The van der Waals surface area contributed by atoms with Gasteiger partial charge in [-0.15, -0.1) is 11.3 Å². The molecule has 6 nitrogen and oxygen atoms in total. The van der Waals surface area contributed by atoms with E-state index in [2.05, 4.69) is 16.7 Å². The largest absolute Gasteiger partial charge is 0.420 e. The van der Waals surface area contributed by atoms with Gasteiger partial charge in [0.25, 0.3) is 0 Å². The van der Waals surface area contributed by atoms with Gasteiger partial charge in [-0.2, -0.15) is 0 Å². The summed E-state index contributed by atoms with van der Waals surface area (Å²) in [4.78, 5) is 15.8. The van der Waals surface area contributed by atoms with Gasteiger partial charge >= 0.3 is 13.4 Å². The Morgan fingerprint density at radius 1 is 1.32 bits per heavy atom. The van der Waals surface area contributed by atoms with Crippen LogP contribution in [0.15, 0.2) is 47.8 Å². The van der Waals surface area contributed by atoms with Gasteiger partial charge < -0.3 is 4.74 Å². The Morgan fingerprint density at radius 2 is 1.96 bits per heavy atom. The molecule has 1 aromatic heterocycles. The number of aromatic nitrogens is 1. The summed E-state index contributed by atoms with van der Waals surface area (Å²) in [5, 5.41) is 5.34. The maximum Gasteiger partial charge on any atom is 0.308 e. The van der Waals surface area contributed by atoms with Gasteiger partial charge in [-0.25, -0.2) is 9.65 Å². The SMILES string of the molecule is C=C(OC(C)=O)P(=O)(Nc1nc(-c2ccccc2)cs1)N(CC)CC. The first-order valence-electron chi connectivity index (χ1n) is 7.93. The summed E-state index contributed by atoms with van der Waals surface area (Å²) in [6.45, 7) is 9.76. The summed E-state index contributed by atoms with van der Waals surface area (Å²) in [5.41, 5.74) is 1.68. The molecule has 2 aromatic rings. The van der Waals surface area contributed by atoms with Crippen molar-refractivity contribution in [3.8, 4) is 11.3 Å². The molecule has 25 heavy (non-hydrogen) atoms.